The van der Waals surface area contributed by atoms with Crippen molar-refractivity contribution in [3.63, 3.8) is 0 Å². The van der Waals surface area contributed by atoms with Gasteiger partial charge >= 0.3 is 6.03 Å². The number of rotatable bonds is 10. The summed E-state index contributed by atoms with van der Waals surface area (Å²) in [4.78, 5) is 24.9. The number of hydrogen-bond donors (Lipinski definition) is 2. The third-order valence-corrected chi connectivity index (χ3v) is 6.40. The van der Waals surface area contributed by atoms with Crippen LogP contribution in [0.3, 0.4) is 0 Å². The van der Waals surface area contributed by atoms with E-state index in [0.29, 0.717) is 30.5 Å². The molecule has 3 rings (SSSR count). The minimum Gasteiger partial charge on any atom is -0.497 e. The number of nitrogens with one attached hydrogen (secondary N) is 2. The van der Waals surface area contributed by atoms with Gasteiger partial charge in [-0.05, 0) is 66.5 Å². The zero-order valence-electron chi connectivity index (χ0n) is 19.2. The van der Waals surface area contributed by atoms with Crippen molar-refractivity contribution in [3.8, 4) is 5.75 Å². The predicted molar refractivity (Wildman–Crippen MR) is 126 cm³/mol. The average molecular weight is 439 g/mol. The second kappa shape index (κ2) is 11.7. The van der Waals surface area contributed by atoms with Crippen LogP contribution in [0.25, 0.3) is 0 Å². The third-order valence-electron chi connectivity index (χ3n) is 6.40. The number of hydrogen-bond acceptors (Lipinski definition) is 4. The van der Waals surface area contributed by atoms with Crippen LogP contribution in [0.5, 0.6) is 5.75 Å². The molecular formula is C26H34N2O4. The van der Waals surface area contributed by atoms with Gasteiger partial charge in [0.25, 0.3) is 0 Å². The highest BCUT2D eigenvalue weighted by atomic mass is 16.5. The molecule has 2 amide bonds. The van der Waals surface area contributed by atoms with Crippen molar-refractivity contribution in [1.82, 2.24) is 5.32 Å². The number of carbonyl (C=O) groups is 2. The fourth-order valence-corrected chi connectivity index (χ4v) is 4.39. The smallest absolute Gasteiger partial charge is 0.319 e. The first-order valence-corrected chi connectivity index (χ1v) is 11.3. The molecule has 2 aromatic carbocycles. The Morgan fingerprint density at radius 3 is 2.34 bits per heavy atom. The van der Waals surface area contributed by atoms with Gasteiger partial charge in [-0.3, -0.25) is 4.79 Å². The first-order valence-electron chi connectivity index (χ1n) is 11.3. The van der Waals surface area contributed by atoms with E-state index in [1.54, 1.807) is 14.2 Å². The van der Waals surface area contributed by atoms with E-state index in [9.17, 15) is 9.59 Å². The van der Waals surface area contributed by atoms with Crippen molar-refractivity contribution in [2.45, 2.75) is 39.2 Å². The Morgan fingerprint density at radius 2 is 1.69 bits per heavy atom. The van der Waals surface area contributed by atoms with Crippen molar-refractivity contribution in [2.75, 3.05) is 26.1 Å². The van der Waals surface area contributed by atoms with Crippen LogP contribution in [0.15, 0.2) is 48.5 Å². The zero-order valence-corrected chi connectivity index (χ0v) is 19.2. The molecule has 3 atom stereocenters. The van der Waals surface area contributed by atoms with E-state index in [4.69, 9.17) is 9.47 Å². The number of ether oxygens (including phenoxy) is 2. The molecule has 1 fully saturated rings. The van der Waals surface area contributed by atoms with Gasteiger partial charge in [-0.2, -0.15) is 0 Å². The number of urea groups is 1. The van der Waals surface area contributed by atoms with E-state index in [1.165, 1.54) is 0 Å². The van der Waals surface area contributed by atoms with Gasteiger partial charge in [0.1, 0.15) is 11.5 Å². The van der Waals surface area contributed by atoms with Crippen LogP contribution in [0.2, 0.25) is 0 Å². The highest BCUT2D eigenvalue weighted by Gasteiger charge is 2.31. The summed E-state index contributed by atoms with van der Waals surface area (Å²) in [7, 11) is 3.36. The highest BCUT2D eigenvalue weighted by molar-refractivity contribution is 5.89. The van der Waals surface area contributed by atoms with Crippen molar-refractivity contribution >= 4 is 17.5 Å². The van der Waals surface area contributed by atoms with Gasteiger partial charge in [0, 0.05) is 38.3 Å². The van der Waals surface area contributed by atoms with Crippen molar-refractivity contribution in [3.05, 3.63) is 59.7 Å². The molecule has 32 heavy (non-hydrogen) atoms. The molecule has 6 heteroatoms. The standard InChI is InChI=1S/C26H34N2O4/c1-18(22-9-4-21(14-22)17-31-2)25(29)15-19-5-10-23(11-6-19)28-26(30)27-16-20-7-12-24(32-3)13-8-20/h5-8,10-13,18,21-22H,4,9,14-17H2,1-3H3,(H2,27,28,30). The number of anilines is 1. The number of methoxy groups -OCH3 is 2. The molecule has 0 bridgehead atoms. The summed E-state index contributed by atoms with van der Waals surface area (Å²) in [5.74, 6) is 2.17. The molecule has 1 saturated carbocycles. The molecule has 3 unspecified atom stereocenters. The minimum atomic E-state index is -0.273. The lowest BCUT2D eigenvalue weighted by atomic mass is 9.86. The lowest BCUT2D eigenvalue weighted by Gasteiger charge is -2.18. The Hall–Kier alpha value is -2.86. The number of Topliss-reactive ketones (excluding diaryl/α,β-unsaturated/α-hetero) is 1. The Kier molecular flexibility index (Phi) is 8.68. The van der Waals surface area contributed by atoms with Crippen molar-refractivity contribution < 1.29 is 19.1 Å². The van der Waals surface area contributed by atoms with Crippen LogP contribution < -0.4 is 15.4 Å². The Morgan fingerprint density at radius 1 is 1.00 bits per heavy atom. The maximum Gasteiger partial charge on any atom is 0.319 e. The fraction of sp³-hybridized carbons (Fsp3) is 0.462. The average Bonchev–Trinajstić information content (AvgIpc) is 3.27. The molecule has 0 radical (unpaired) electrons. The Bertz CT molecular complexity index is 880. The van der Waals surface area contributed by atoms with Gasteiger partial charge < -0.3 is 20.1 Å². The summed E-state index contributed by atoms with van der Waals surface area (Å²) in [5.41, 5.74) is 2.65. The molecule has 0 aromatic heterocycles. The molecule has 172 valence electrons. The van der Waals surface area contributed by atoms with Gasteiger partial charge in [-0.25, -0.2) is 4.79 Å². The summed E-state index contributed by atoms with van der Waals surface area (Å²) in [6.45, 7) is 3.28. The summed E-state index contributed by atoms with van der Waals surface area (Å²) in [5, 5.41) is 5.66. The number of benzene rings is 2. The zero-order chi connectivity index (χ0) is 22.9. The predicted octanol–water partition coefficient (Wildman–Crippen LogP) is 4.83. The number of amides is 2. The van der Waals surface area contributed by atoms with Gasteiger partial charge in [0.05, 0.1) is 7.11 Å². The molecule has 2 N–H and O–H groups in total. The summed E-state index contributed by atoms with van der Waals surface area (Å²) in [6, 6.07) is 14.8. The molecule has 0 heterocycles. The SMILES string of the molecule is COCC1CCC(C(C)C(=O)Cc2ccc(NC(=O)NCc3ccc(OC)cc3)cc2)C1. The van der Waals surface area contributed by atoms with Crippen LogP contribution in [-0.2, 0) is 22.5 Å². The molecular weight excluding hydrogens is 404 g/mol. The van der Waals surface area contributed by atoms with Gasteiger partial charge in [-0.15, -0.1) is 0 Å². The first kappa shape index (κ1) is 23.8. The maximum atomic E-state index is 12.8. The normalized spacial score (nSPS) is 18.7. The van der Waals surface area contributed by atoms with Crippen LogP contribution in [0.1, 0.15) is 37.3 Å². The van der Waals surface area contributed by atoms with E-state index in [-0.39, 0.29) is 17.7 Å². The summed E-state index contributed by atoms with van der Waals surface area (Å²) < 4.78 is 10.4. The molecule has 0 aliphatic heterocycles. The second-order valence-corrected chi connectivity index (χ2v) is 8.68. The van der Waals surface area contributed by atoms with E-state index in [2.05, 4.69) is 17.6 Å². The van der Waals surface area contributed by atoms with Crippen molar-refractivity contribution in [1.29, 1.82) is 0 Å². The third kappa shape index (κ3) is 6.82. The van der Waals surface area contributed by atoms with Crippen LogP contribution in [0.4, 0.5) is 10.5 Å². The van der Waals surface area contributed by atoms with E-state index >= 15 is 0 Å². The Balaban J connectivity index is 1.43. The molecule has 6 nitrogen and oxygen atoms in total. The van der Waals surface area contributed by atoms with E-state index < -0.39 is 0 Å². The maximum absolute atomic E-state index is 12.8. The summed E-state index contributed by atoms with van der Waals surface area (Å²) >= 11 is 0. The van der Waals surface area contributed by atoms with E-state index in [0.717, 1.165) is 42.7 Å². The first-order chi connectivity index (χ1) is 15.5. The largest absolute Gasteiger partial charge is 0.497 e. The fourth-order valence-electron chi connectivity index (χ4n) is 4.39. The van der Waals surface area contributed by atoms with Gasteiger partial charge in [0.2, 0.25) is 0 Å². The lowest BCUT2D eigenvalue weighted by molar-refractivity contribution is -0.123. The number of carbonyl (C=O) groups excluding carboxylic acids is 2. The van der Waals surface area contributed by atoms with Gasteiger partial charge in [0.15, 0.2) is 0 Å². The second-order valence-electron chi connectivity index (χ2n) is 8.68. The summed E-state index contributed by atoms with van der Waals surface area (Å²) in [6.07, 6.45) is 3.76. The van der Waals surface area contributed by atoms with Gasteiger partial charge in [-0.1, -0.05) is 31.2 Å². The van der Waals surface area contributed by atoms with Crippen LogP contribution in [-0.4, -0.2) is 32.6 Å². The molecule has 2 aromatic rings. The molecule has 0 spiro atoms. The lowest BCUT2D eigenvalue weighted by Crippen LogP contribution is -2.28. The highest BCUT2D eigenvalue weighted by Crippen LogP contribution is 2.36. The number of ketones is 1. The van der Waals surface area contributed by atoms with Crippen LogP contribution >= 0.6 is 0 Å². The molecule has 1 aliphatic rings. The molecule has 1 aliphatic carbocycles. The van der Waals surface area contributed by atoms with E-state index in [1.807, 2.05) is 48.5 Å². The quantitative estimate of drug-likeness (QED) is 0.557. The minimum absolute atomic E-state index is 0.0680. The molecule has 0 saturated heterocycles. The van der Waals surface area contributed by atoms with Crippen LogP contribution in [0, 0.1) is 17.8 Å². The van der Waals surface area contributed by atoms with Crippen molar-refractivity contribution in [2.24, 2.45) is 17.8 Å². The monoisotopic (exact) mass is 438 g/mol. The topological polar surface area (TPSA) is 76.7 Å². The Labute approximate surface area is 190 Å².